The number of hydrogen-bond donors (Lipinski definition) is 2. The highest BCUT2D eigenvalue weighted by Crippen LogP contribution is 2.40. The molecule has 1 aliphatic heterocycles. The zero-order valence-electron chi connectivity index (χ0n) is 14.4. The van der Waals surface area contributed by atoms with Gasteiger partial charge in [-0.15, -0.1) is 0 Å². The van der Waals surface area contributed by atoms with Gasteiger partial charge in [-0.1, -0.05) is 0 Å². The number of benzene rings is 1. The van der Waals surface area contributed by atoms with Crippen LogP contribution in [0.15, 0.2) is 18.5 Å². The summed E-state index contributed by atoms with van der Waals surface area (Å²) in [4.78, 5) is 33.1. The van der Waals surface area contributed by atoms with Crippen LogP contribution >= 0.6 is 0 Å². The Hall–Kier alpha value is -3.10. The van der Waals surface area contributed by atoms with Crippen molar-refractivity contribution in [3.05, 3.63) is 24.2 Å². The minimum Gasteiger partial charge on any atom is -0.493 e. The molecule has 9 heteroatoms. The fraction of sp³-hybridized carbons (Fsp3) is 0.412. The van der Waals surface area contributed by atoms with Crippen molar-refractivity contribution < 1.29 is 29.3 Å². The summed E-state index contributed by atoms with van der Waals surface area (Å²) in [6.07, 6.45) is 0.533. The summed E-state index contributed by atoms with van der Waals surface area (Å²) >= 11 is 0. The van der Waals surface area contributed by atoms with E-state index >= 15 is 0 Å². The molecule has 0 bridgehead atoms. The highest BCUT2D eigenvalue weighted by Gasteiger charge is 2.46. The van der Waals surface area contributed by atoms with E-state index in [0.717, 1.165) is 0 Å². The van der Waals surface area contributed by atoms with Gasteiger partial charge in [-0.2, -0.15) is 0 Å². The number of likely N-dealkylation sites (tertiary alicyclic amines) is 1. The van der Waals surface area contributed by atoms with Crippen LogP contribution in [0.2, 0.25) is 0 Å². The molecule has 0 radical (unpaired) electrons. The maximum Gasteiger partial charge on any atom is 0.407 e. The lowest BCUT2D eigenvalue weighted by atomic mass is 9.74. The first-order chi connectivity index (χ1) is 12.4. The molecule has 0 unspecified atom stereocenters. The SMILES string of the molecule is COc1cc2ncnc(C3(C(=O)O)CCN(C(=O)O)CC3)c2cc1OC. The molecule has 138 valence electrons. The number of hydrogen-bond acceptors (Lipinski definition) is 6. The van der Waals surface area contributed by atoms with Crippen LogP contribution in [0.1, 0.15) is 18.5 Å². The van der Waals surface area contributed by atoms with Crippen molar-refractivity contribution in [2.75, 3.05) is 27.3 Å². The molecule has 0 atom stereocenters. The normalized spacial score (nSPS) is 16.3. The van der Waals surface area contributed by atoms with Crippen LogP contribution < -0.4 is 9.47 Å². The Morgan fingerprint density at radius 3 is 2.23 bits per heavy atom. The van der Waals surface area contributed by atoms with Crippen molar-refractivity contribution in [2.24, 2.45) is 0 Å². The van der Waals surface area contributed by atoms with Crippen LogP contribution in [0.5, 0.6) is 11.5 Å². The van der Waals surface area contributed by atoms with Gasteiger partial charge in [-0.25, -0.2) is 14.8 Å². The maximum absolute atomic E-state index is 12.2. The third kappa shape index (κ3) is 2.75. The predicted molar refractivity (Wildman–Crippen MR) is 90.8 cm³/mol. The molecule has 1 saturated heterocycles. The molecule has 9 nitrogen and oxygen atoms in total. The van der Waals surface area contributed by atoms with Crippen molar-refractivity contribution in [3.8, 4) is 11.5 Å². The van der Waals surface area contributed by atoms with Gasteiger partial charge >= 0.3 is 12.1 Å². The summed E-state index contributed by atoms with van der Waals surface area (Å²) in [5.74, 6) is -0.105. The Morgan fingerprint density at radius 2 is 1.69 bits per heavy atom. The van der Waals surface area contributed by atoms with Crippen LogP contribution in [0.4, 0.5) is 4.79 Å². The number of carboxylic acids is 1. The van der Waals surface area contributed by atoms with Crippen molar-refractivity contribution in [2.45, 2.75) is 18.3 Å². The number of aromatic nitrogens is 2. The molecule has 2 heterocycles. The first kappa shape index (κ1) is 17.7. The van der Waals surface area contributed by atoms with E-state index in [-0.39, 0.29) is 25.9 Å². The summed E-state index contributed by atoms with van der Waals surface area (Å²) in [6, 6.07) is 3.33. The third-order valence-corrected chi connectivity index (χ3v) is 4.89. The average Bonchev–Trinajstić information content (AvgIpc) is 2.66. The number of ether oxygens (including phenoxy) is 2. The highest BCUT2D eigenvalue weighted by atomic mass is 16.5. The van der Waals surface area contributed by atoms with Gasteiger partial charge in [-0.3, -0.25) is 4.79 Å². The van der Waals surface area contributed by atoms with Gasteiger partial charge in [0.25, 0.3) is 0 Å². The lowest BCUT2D eigenvalue weighted by Gasteiger charge is -2.37. The molecular weight excluding hydrogens is 342 g/mol. The monoisotopic (exact) mass is 361 g/mol. The quantitative estimate of drug-likeness (QED) is 0.844. The van der Waals surface area contributed by atoms with E-state index in [1.807, 2.05) is 0 Å². The summed E-state index contributed by atoms with van der Waals surface area (Å²) in [5.41, 5.74) is -0.387. The predicted octanol–water partition coefficient (Wildman–Crippen LogP) is 1.74. The van der Waals surface area contributed by atoms with Gasteiger partial charge in [0, 0.05) is 24.5 Å². The van der Waals surface area contributed by atoms with Crippen LogP contribution in [-0.4, -0.2) is 64.5 Å². The molecule has 0 aliphatic carbocycles. The number of amides is 1. The van der Waals surface area contributed by atoms with Gasteiger partial charge in [-0.05, 0) is 18.9 Å². The van der Waals surface area contributed by atoms with Gasteiger partial charge in [0.2, 0.25) is 0 Å². The zero-order valence-corrected chi connectivity index (χ0v) is 14.4. The molecular formula is C17H19N3O6. The van der Waals surface area contributed by atoms with E-state index in [0.29, 0.717) is 28.1 Å². The second-order valence-corrected chi connectivity index (χ2v) is 6.10. The smallest absolute Gasteiger partial charge is 0.407 e. The molecule has 1 aromatic heterocycles. The van der Waals surface area contributed by atoms with E-state index in [4.69, 9.17) is 14.6 Å². The van der Waals surface area contributed by atoms with E-state index in [1.54, 1.807) is 12.1 Å². The van der Waals surface area contributed by atoms with Crippen molar-refractivity contribution in [3.63, 3.8) is 0 Å². The van der Waals surface area contributed by atoms with Crippen molar-refractivity contribution in [1.29, 1.82) is 0 Å². The molecule has 1 amide bonds. The number of carbonyl (C=O) groups is 2. The number of aliphatic carboxylic acids is 1. The molecule has 1 aromatic carbocycles. The minimum atomic E-state index is -1.28. The van der Waals surface area contributed by atoms with Crippen LogP contribution in [0.3, 0.4) is 0 Å². The standard InChI is InChI=1S/C17H19N3O6/c1-25-12-7-10-11(8-13(12)26-2)18-9-19-14(10)17(15(21)22)3-5-20(6-4-17)16(23)24/h7-9H,3-6H2,1-2H3,(H,21,22)(H,23,24). The Morgan fingerprint density at radius 1 is 1.08 bits per heavy atom. The van der Waals surface area contributed by atoms with Gasteiger partial charge in [0.15, 0.2) is 11.5 Å². The minimum absolute atomic E-state index is 0.125. The molecule has 26 heavy (non-hydrogen) atoms. The number of methoxy groups -OCH3 is 2. The van der Waals surface area contributed by atoms with Gasteiger partial charge in [0.05, 0.1) is 25.4 Å². The van der Waals surface area contributed by atoms with Crippen molar-refractivity contribution in [1.82, 2.24) is 14.9 Å². The highest BCUT2D eigenvalue weighted by molar-refractivity contribution is 5.92. The number of piperidine rings is 1. The summed E-state index contributed by atoms with van der Waals surface area (Å²) < 4.78 is 10.6. The number of fused-ring (bicyclic) bond motifs is 1. The number of rotatable bonds is 4. The number of nitrogens with zero attached hydrogens (tertiary/aromatic N) is 3. The summed E-state index contributed by atoms with van der Waals surface area (Å²) in [7, 11) is 3.00. The molecule has 1 aliphatic rings. The fourth-order valence-corrected chi connectivity index (χ4v) is 3.40. The zero-order chi connectivity index (χ0) is 18.9. The van der Waals surface area contributed by atoms with Gasteiger partial charge < -0.3 is 24.6 Å². The summed E-state index contributed by atoms with van der Waals surface area (Å²) in [6.45, 7) is 0.251. The van der Waals surface area contributed by atoms with Crippen LogP contribution in [-0.2, 0) is 10.2 Å². The Labute approximate surface area is 149 Å². The van der Waals surface area contributed by atoms with E-state index in [2.05, 4.69) is 9.97 Å². The lowest BCUT2D eigenvalue weighted by Crippen LogP contribution is -2.49. The Balaban J connectivity index is 2.15. The second kappa shape index (κ2) is 6.66. The van der Waals surface area contributed by atoms with Crippen LogP contribution in [0, 0.1) is 0 Å². The maximum atomic E-state index is 12.2. The number of carboxylic acid groups (broad SMARTS) is 2. The largest absolute Gasteiger partial charge is 0.493 e. The third-order valence-electron chi connectivity index (χ3n) is 4.89. The van der Waals surface area contributed by atoms with Gasteiger partial charge in [0.1, 0.15) is 11.7 Å². The molecule has 1 fully saturated rings. The molecule has 0 saturated carbocycles. The Bertz CT molecular complexity index is 861. The van der Waals surface area contributed by atoms with Crippen LogP contribution in [0.25, 0.3) is 10.9 Å². The average molecular weight is 361 g/mol. The molecule has 2 N–H and O–H groups in total. The first-order valence-corrected chi connectivity index (χ1v) is 8.01. The topological polar surface area (TPSA) is 122 Å². The molecule has 2 aromatic rings. The van der Waals surface area contributed by atoms with E-state index in [1.165, 1.54) is 25.4 Å². The summed E-state index contributed by atoms with van der Waals surface area (Å²) in [5, 5.41) is 19.7. The van der Waals surface area contributed by atoms with E-state index in [9.17, 15) is 14.7 Å². The van der Waals surface area contributed by atoms with Crippen molar-refractivity contribution >= 4 is 23.0 Å². The first-order valence-electron chi connectivity index (χ1n) is 8.01. The van der Waals surface area contributed by atoms with E-state index < -0.39 is 17.5 Å². The second-order valence-electron chi connectivity index (χ2n) is 6.10. The molecule has 3 rings (SSSR count). The fourth-order valence-electron chi connectivity index (χ4n) is 3.40. The lowest BCUT2D eigenvalue weighted by molar-refractivity contribution is -0.146. The molecule has 0 spiro atoms. The Kier molecular flexibility index (Phi) is 4.54.